The number of rotatable bonds is 5. The van der Waals surface area contributed by atoms with Gasteiger partial charge in [-0.15, -0.1) is 0 Å². The quantitative estimate of drug-likeness (QED) is 0.532. The molecule has 0 fully saturated rings. The molecule has 2 amide bonds. The lowest BCUT2D eigenvalue weighted by molar-refractivity contribution is -0.114. The van der Waals surface area contributed by atoms with E-state index in [9.17, 15) is 9.59 Å². The fourth-order valence-electron chi connectivity index (χ4n) is 2.82. The summed E-state index contributed by atoms with van der Waals surface area (Å²) in [5, 5.41) is 6.13. The first-order valence-corrected chi connectivity index (χ1v) is 9.46. The number of anilines is 2. The predicted molar refractivity (Wildman–Crippen MR) is 117 cm³/mol. The lowest BCUT2D eigenvalue weighted by Gasteiger charge is -2.15. The fourth-order valence-corrected chi connectivity index (χ4v) is 3.15. The molecule has 7 heteroatoms. The van der Waals surface area contributed by atoms with Crippen LogP contribution in [0.1, 0.15) is 17.3 Å². The van der Waals surface area contributed by atoms with Crippen LogP contribution in [0.15, 0.2) is 60.7 Å². The highest BCUT2D eigenvalue weighted by Crippen LogP contribution is 2.34. The Morgan fingerprint density at radius 1 is 0.862 bits per heavy atom. The highest BCUT2D eigenvalue weighted by atomic mass is 35.5. The molecule has 3 rings (SSSR count). The van der Waals surface area contributed by atoms with Gasteiger partial charge in [-0.3, -0.25) is 9.59 Å². The molecule has 0 aliphatic rings. The number of hydrogen-bond acceptors (Lipinski definition) is 3. The molecule has 0 aliphatic carbocycles. The molecule has 5 nitrogen and oxygen atoms in total. The van der Waals surface area contributed by atoms with Gasteiger partial charge in [-0.25, -0.2) is 0 Å². The van der Waals surface area contributed by atoms with Gasteiger partial charge in [0.2, 0.25) is 5.91 Å². The molecule has 0 unspecified atom stereocenters. The van der Waals surface area contributed by atoms with E-state index in [1.165, 1.54) is 13.0 Å². The van der Waals surface area contributed by atoms with Crippen LogP contribution in [0.3, 0.4) is 0 Å². The van der Waals surface area contributed by atoms with Crippen LogP contribution in [0.5, 0.6) is 5.75 Å². The number of methoxy groups -OCH3 is 1. The van der Waals surface area contributed by atoms with Crippen molar-refractivity contribution < 1.29 is 14.3 Å². The summed E-state index contributed by atoms with van der Waals surface area (Å²) < 4.78 is 5.19. The number of para-hydroxylation sites is 2. The van der Waals surface area contributed by atoms with Gasteiger partial charge >= 0.3 is 0 Å². The Hall–Kier alpha value is -3.02. The maximum Gasteiger partial charge on any atom is 0.256 e. The zero-order valence-electron chi connectivity index (χ0n) is 15.8. The molecule has 0 aromatic heterocycles. The number of halogens is 2. The molecule has 0 radical (unpaired) electrons. The number of ether oxygens (including phenoxy) is 1. The minimum atomic E-state index is -0.382. The summed E-state index contributed by atoms with van der Waals surface area (Å²) in [6.45, 7) is 1.40. The zero-order valence-corrected chi connectivity index (χ0v) is 17.3. The summed E-state index contributed by atoms with van der Waals surface area (Å²) in [7, 11) is 1.58. The SMILES string of the molecule is COc1ccc(-c2cc(Cl)c(Cl)cc2C(=O)Nc2ccccc2NC(C)=O)cc1. The van der Waals surface area contributed by atoms with E-state index in [1.54, 1.807) is 49.6 Å². The molecule has 2 N–H and O–H groups in total. The third kappa shape index (κ3) is 4.88. The van der Waals surface area contributed by atoms with Crippen molar-refractivity contribution >= 4 is 46.4 Å². The van der Waals surface area contributed by atoms with E-state index >= 15 is 0 Å². The number of carbonyl (C=O) groups is 2. The second-order valence-corrected chi connectivity index (χ2v) is 7.04. The molecule has 0 aliphatic heterocycles. The minimum absolute atomic E-state index is 0.236. The minimum Gasteiger partial charge on any atom is -0.497 e. The van der Waals surface area contributed by atoms with Crippen LogP contribution in [0.4, 0.5) is 11.4 Å². The normalized spacial score (nSPS) is 10.3. The number of hydrogen-bond donors (Lipinski definition) is 2. The molecule has 3 aromatic carbocycles. The van der Waals surface area contributed by atoms with Crippen LogP contribution >= 0.6 is 23.2 Å². The van der Waals surface area contributed by atoms with Crippen molar-refractivity contribution in [2.45, 2.75) is 6.92 Å². The van der Waals surface area contributed by atoms with Crippen molar-refractivity contribution in [2.75, 3.05) is 17.7 Å². The number of carbonyl (C=O) groups excluding carboxylic acids is 2. The number of benzene rings is 3. The Kier molecular flexibility index (Phi) is 6.42. The molecule has 0 saturated heterocycles. The molecule has 0 spiro atoms. The average molecular weight is 429 g/mol. The molecular formula is C22H18Cl2N2O3. The van der Waals surface area contributed by atoms with E-state index in [2.05, 4.69) is 10.6 Å². The summed E-state index contributed by atoms with van der Waals surface area (Å²) in [4.78, 5) is 24.5. The van der Waals surface area contributed by atoms with Crippen molar-refractivity contribution in [1.29, 1.82) is 0 Å². The predicted octanol–water partition coefficient (Wildman–Crippen LogP) is 5.88. The third-order valence-electron chi connectivity index (χ3n) is 4.19. The standard InChI is InChI=1S/C22H18Cl2N2O3/c1-13(27)25-20-5-3-4-6-21(20)26-22(28)17-12-19(24)18(23)11-16(17)14-7-9-15(29-2)10-8-14/h3-12H,1-2H3,(H,25,27)(H,26,28). The molecule has 0 bridgehead atoms. The van der Waals surface area contributed by atoms with Crippen LogP contribution in [0.25, 0.3) is 11.1 Å². The first-order chi connectivity index (χ1) is 13.9. The van der Waals surface area contributed by atoms with E-state index < -0.39 is 0 Å². The van der Waals surface area contributed by atoms with Crippen molar-refractivity contribution in [1.82, 2.24) is 0 Å². The van der Waals surface area contributed by atoms with Crippen molar-refractivity contribution in [3.8, 4) is 16.9 Å². The first-order valence-electron chi connectivity index (χ1n) is 8.70. The summed E-state index contributed by atoms with van der Waals surface area (Å²) >= 11 is 12.4. The highest BCUT2D eigenvalue weighted by molar-refractivity contribution is 6.42. The lowest BCUT2D eigenvalue weighted by atomic mass is 9.99. The average Bonchev–Trinajstić information content (AvgIpc) is 2.71. The van der Waals surface area contributed by atoms with Crippen molar-refractivity contribution in [3.05, 3.63) is 76.3 Å². The summed E-state index contributed by atoms with van der Waals surface area (Å²) in [6, 6.07) is 17.4. The third-order valence-corrected chi connectivity index (χ3v) is 4.91. The van der Waals surface area contributed by atoms with Crippen LogP contribution in [0.2, 0.25) is 10.0 Å². The zero-order chi connectivity index (χ0) is 21.0. The summed E-state index contributed by atoms with van der Waals surface area (Å²) in [6.07, 6.45) is 0. The van der Waals surface area contributed by atoms with Crippen LogP contribution in [-0.4, -0.2) is 18.9 Å². The van der Waals surface area contributed by atoms with Gasteiger partial charge in [-0.1, -0.05) is 47.5 Å². The smallest absolute Gasteiger partial charge is 0.256 e. The number of nitrogens with one attached hydrogen (secondary N) is 2. The number of amides is 2. The van der Waals surface area contributed by atoms with Gasteiger partial charge in [0.25, 0.3) is 5.91 Å². The van der Waals surface area contributed by atoms with Gasteiger partial charge in [0.15, 0.2) is 0 Å². The topological polar surface area (TPSA) is 67.4 Å². The molecule has 29 heavy (non-hydrogen) atoms. The van der Waals surface area contributed by atoms with Crippen molar-refractivity contribution in [2.24, 2.45) is 0 Å². The van der Waals surface area contributed by atoms with Gasteiger partial charge in [0.1, 0.15) is 5.75 Å². The largest absolute Gasteiger partial charge is 0.497 e. The summed E-state index contributed by atoms with van der Waals surface area (Å²) in [5.41, 5.74) is 2.72. The molecule has 0 atom stereocenters. The molecular weight excluding hydrogens is 411 g/mol. The second kappa shape index (κ2) is 8.99. The van der Waals surface area contributed by atoms with Gasteiger partial charge < -0.3 is 15.4 Å². The monoisotopic (exact) mass is 428 g/mol. The van der Waals surface area contributed by atoms with E-state index in [1.807, 2.05) is 12.1 Å². The van der Waals surface area contributed by atoms with E-state index in [0.29, 0.717) is 33.3 Å². The molecule has 0 saturated carbocycles. The van der Waals surface area contributed by atoms with Crippen molar-refractivity contribution in [3.63, 3.8) is 0 Å². The summed E-state index contributed by atoms with van der Waals surface area (Å²) in [5.74, 6) is 0.0800. The van der Waals surface area contributed by atoms with Crippen LogP contribution < -0.4 is 15.4 Å². The molecule has 0 heterocycles. The Labute approximate surface area is 178 Å². The second-order valence-electron chi connectivity index (χ2n) is 6.22. The van der Waals surface area contributed by atoms with Gasteiger partial charge in [-0.05, 0) is 47.5 Å². The van der Waals surface area contributed by atoms with Crippen LogP contribution in [-0.2, 0) is 4.79 Å². The van der Waals surface area contributed by atoms with Gasteiger partial charge in [0.05, 0.1) is 28.5 Å². The van der Waals surface area contributed by atoms with Crippen LogP contribution in [0, 0.1) is 0 Å². The molecule has 3 aromatic rings. The first kappa shape index (κ1) is 20.7. The highest BCUT2D eigenvalue weighted by Gasteiger charge is 2.17. The Balaban J connectivity index is 2.01. The Bertz CT molecular complexity index is 1070. The maximum absolute atomic E-state index is 13.1. The lowest BCUT2D eigenvalue weighted by Crippen LogP contribution is -2.16. The van der Waals surface area contributed by atoms with Gasteiger partial charge in [-0.2, -0.15) is 0 Å². The van der Waals surface area contributed by atoms with E-state index in [4.69, 9.17) is 27.9 Å². The van der Waals surface area contributed by atoms with E-state index in [0.717, 1.165) is 5.56 Å². The fraction of sp³-hybridized carbons (Fsp3) is 0.0909. The maximum atomic E-state index is 13.1. The molecule has 148 valence electrons. The Morgan fingerprint density at radius 3 is 2.03 bits per heavy atom. The van der Waals surface area contributed by atoms with Gasteiger partial charge in [0, 0.05) is 12.5 Å². The Morgan fingerprint density at radius 2 is 1.45 bits per heavy atom. The van der Waals surface area contributed by atoms with E-state index in [-0.39, 0.29) is 16.8 Å².